The predicted molar refractivity (Wildman–Crippen MR) is 151 cm³/mol. The number of halogens is 1. The summed E-state index contributed by atoms with van der Waals surface area (Å²) in [5.74, 6) is 1.42. The van der Waals surface area contributed by atoms with Crippen molar-refractivity contribution in [3.8, 4) is 11.5 Å². The first-order chi connectivity index (χ1) is 16.7. The molecule has 0 amide bonds. The van der Waals surface area contributed by atoms with Crippen molar-refractivity contribution >= 4 is 35.2 Å². The SMILES string of the molecule is CC[N+](C)(CC)CCOc1ccc(N)cc1N.Cl.Cn1cc[n+](CCCOc2ccc(N)cc2N)c1. The van der Waals surface area contributed by atoms with Crippen LogP contribution in [0.4, 0.5) is 22.7 Å². The highest BCUT2D eigenvalue weighted by Gasteiger charge is 2.16. The summed E-state index contributed by atoms with van der Waals surface area (Å²) in [6.07, 6.45) is 7.02. The van der Waals surface area contributed by atoms with Crippen molar-refractivity contribution in [3.63, 3.8) is 0 Å². The number of aromatic nitrogens is 2. The van der Waals surface area contributed by atoms with E-state index in [1.54, 1.807) is 30.3 Å². The number of imidazole rings is 1. The lowest BCUT2D eigenvalue weighted by molar-refractivity contribution is -0.906. The first-order valence-corrected chi connectivity index (χ1v) is 12.1. The van der Waals surface area contributed by atoms with Gasteiger partial charge in [0, 0.05) is 17.8 Å². The Morgan fingerprint density at radius 3 is 1.83 bits per heavy atom. The molecule has 0 unspecified atom stereocenters. The fourth-order valence-electron chi connectivity index (χ4n) is 3.38. The fourth-order valence-corrected chi connectivity index (χ4v) is 3.38. The van der Waals surface area contributed by atoms with Crippen LogP contribution in [-0.4, -0.2) is 48.9 Å². The number of ether oxygens (including phenoxy) is 2. The van der Waals surface area contributed by atoms with Crippen LogP contribution in [0, 0.1) is 0 Å². The number of anilines is 4. The van der Waals surface area contributed by atoms with E-state index in [4.69, 9.17) is 32.4 Å². The number of likely N-dealkylation sites (N-methyl/N-ethyl adjacent to an activating group) is 1. The molecular formula is C26H44ClN7O2+2. The third kappa shape index (κ3) is 10.1. The lowest BCUT2D eigenvalue weighted by Gasteiger charge is -2.31. The molecule has 9 nitrogen and oxygen atoms in total. The molecule has 0 saturated carbocycles. The van der Waals surface area contributed by atoms with E-state index in [9.17, 15) is 0 Å². The van der Waals surface area contributed by atoms with Crippen LogP contribution < -0.4 is 37.0 Å². The van der Waals surface area contributed by atoms with Crippen molar-refractivity contribution in [1.29, 1.82) is 0 Å². The van der Waals surface area contributed by atoms with E-state index < -0.39 is 0 Å². The van der Waals surface area contributed by atoms with Gasteiger partial charge in [0.1, 0.15) is 37.0 Å². The number of rotatable bonds is 11. The van der Waals surface area contributed by atoms with Crippen LogP contribution in [0.3, 0.4) is 0 Å². The summed E-state index contributed by atoms with van der Waals surface area (Å²) < 4.78 is 16.5. The molecular weight excluding hydrogens is 478 g/mol. The van der Waals surface area contributed by atoms with Gasteiger partial charge in [-0.1, -0.05) is 0 Å². The van der Waals surface area contributed by atoms with Gasteiger partial charge in [-0.25, -0.2) is 9.13 Å². The molecule has 0 spiro atoms. The highest BCUT2D eigenvalue weighted by atomic mass is 35.5. The fraction of sp³-hybridized carbons (Fsp3) is 0.423. The number of quaternary nitrogens is 1. The second-order valence-corrected chi connectivity index (χ2v) is 8.94. The molecule has 2 aromatic carbocycles. The van der Waals surface area contributed by atoms with Crippen LogP contribution in [0.1, 0.15) is 20.3 Å². The standard InChI is InChI=1S/C13H19N4O.C13H24N3O.ClH/c1-16-6-7-17(10-16)5-2-8-18-13-4-3-11(14)9-12(13)15;1-4-16(3,5-2)8-9-17-13-7-6-11(14)10-12(13)15;/h3-4,6-7,9-10H,2,5,8,14-15H2,1H3;6-7,10H,4-5,8-9,14-15H2,1-3H3;1H/q2*+1;. The van der Waals surface area contributed by atoms with Crippen LogP contribution >= 0.6 is 12.4 Å². The largest absolute Gasteiger partial charge is 0.491 e. The molecule has 0 bridgehead atoms. The molecule has 0 fully saturated rings. The number of hydrogen-bond donors (Lipinski definition) is 4. The van der Waals surface area contributed by atoms with Crippen molar-refractivity contribution in [1.82, 2.24) is 4.57 Å². The van der Waals surface area contributed by atoms with Crippen LogP contribution in [0.25, 0.3) is 0 Å². The molecule has 36 heavy (non-hydrogen) atoms. The molecule has 3 aromatic rings. The van der Waals surface area contributed by atoms with Crippen LogP contribution in [-0.2, 0) is 13.6 Å². The Balaban J connectivity index is 0.000000351. The topological polar surface area (TPSA) is 131 Å². The van der Waals surface area contributed by atoms with Crippen molar-refractivity contribution in [2.24, 2.45) is 7.05 Å². The molecule has 0 saturated heterocycles. The predicted octanol–water partition coefficient (Wildman–Crippen LogP) is 3.08. The lowest BCUT2D eigenvalue weighted by Crippen LogP contribution is -2.46. The first kappa shape index (κ1) is 30.7. The van der Waals surface area contributed by atoms with Crippen LogP contribution in [0.5, 0.6) is 11.5 Å². The summed E-state index contributed by atoms with van der Waals surface area (Å²) in [5, 5.41) is 0. The molecule has 200 valence electrons. The smallest absolute Gasteiger partial charge is 0.243 e. The van der Waals surface area contributed by atoms with Gasteiger partial charge < -0.3 is 36.9 Å². The molecule has 1 heterocycles. The molecule has 10 heteroatoms. The molecule has 0 radical (unpaired) electrons. The Kier molecular flexibility index (Phi) is 12.8. The Morgan fingerprint density at radius 1 is 0.861 bits per heavy atom. The van der Waals surface area contributed by atoms with E-state index >= 15 is 0 Å². The minimum atomic E-state index is 0. The third-order valence-electron chi connectivity index (χ3n) is 6.13. The summed E-state index contributed by atoms with van der Waals surface area (Å²) in [5.41, 5.74) is 25.4. The van der Waals surface area contributed by atoms with Gasteiger partial charge in [-0.2, -0.15) is 0 Å². The number of nitrogens with two attached hydrogens (primary N) is 4. The maximum absolute atomic E-state index is 5.83. The summed E-state index contributed by atoms with van der Waals surface area (Å²) in [7, 11) is 4.23. The van der Waals surface area contributed by atoms with Gasteiger partial charge in [-0.3, -0.25) is 0 Å². The quantitative estimate of drug-likeness (QED) is 0.133. The van der Waals surface area contributed by atoms with Crippen molar-refractivity contribution in [2.45, 2.75) is 26.8 Å². The Bertz CT molecular complexity index is 1050. The maximum atomic E-state index is 5.83. The average Bonchev–Trinajstić information content (AvgIpc) is 3.24. The monoisotopic (exact) mass is 521 g/mol. The van der Waals surface area contributed by atoms with Crippen LogP contribution in [0.15, 0.2) is 55.1 Å². The third-order valence-corrected chi connectivity index (χ3v) is 6.13. The summed E-state index contributed by atoms with van der Waals surface area (Å²) in [4.78, 5) is 0. The zero-order valence-corrected chi connectivity index (χ0v) is 22.8. The van der Waals surface area contributed by atoms with Crippen molar-refractivity contribution in [2.75, 3.05) is 62.8 Å². The van der Waals surface area contributed by atoms with E-state index in [1.807, 2.05) is 36.4 Å². The van der Waals surface area contributed by atoms with Gasteiger partial charge in [0.05, 0.1) is 51.7 Å². The molecule has 3 rings (SSSR count). The zero-order chi connectivity index (χ0) is 25.8. The minimum Gasteiger partial charge on any atom is -0.491 e. The summed E-state index contributed by atoms with van der Waals surface area (Å²) in [6, 6.07) is 10.7. The molecule has 0 aliphatic rings. The summed E-state index contributed by atoms with van der Waals surface area (Å²) >= 11 is 0. The first-order valence-electron chi connectivity index (χ1n) is 12.1. The number of nitrogen functional groups attached to an aromatic ring is 4. The van der Waals surface area contributed by atoms with Gasteiger partial charge in [0.25, 0.3) is 0 Å². The van der Waals surface area contributed by atoms with Crippen LogP contribution in [0.2, 0.25) is 0 Å². The maximum Gasteiger partial charge on any atom is 0.243 e. The normalized spacial score (nSPS) is 10.7. The lowest BCUT2D eigenvalue weighted by atomic mass is 10.2. The zero-order valence-electron chi connectivity index (χ0n) is 22.0. The number of aryl methyl sites for hydroxylation is 2. The molecule has 0 aliphatic carbocycles. The van der Waals surface area contributed by atoms with E-state index in [-0.39, 0.29) is 12.4 Å². The van der Waals surface area contributed by atoms with Gasteiger partial charge in [-0.05, 0) is 50.2 Å². The molecule has 1 aromatic heterocycles. The van der Waals surface area contributed by atoms with E-state index in [1.165, 1.54) is 0 Å². The van der Waals surface area contributed by atoms with Crippen molar-refractivity contribution < 1.29 is 18.5 Å². The Labute approximate surface area is 221 Å². The Hall–Kier alpha value is -3.30. The van der Waals surface area contributed by atoms with Gasteiger partial charge >= 0.3 is 0 Å². The van der Waals surface area contributed by atoms with E-state index in [0.717, 1.165) is 42.8 Å². The average molecular weight is 522 g/mol. The second kappa shape index (κ2) is 15.0. The number of hydrogen-bond acceptors (Lipinski definition) is 6. The summed E-state index contributed by atoms with van der Waals surface area (Å²) in [6.45, 7) is 9.82. The molecule has 8 N–H and O–H groups in total. The minimum absolute atomic E-state index is 0. The second-order valence-electron chi connectivity index (χ2n) is 8.94. The molecule has 0 atom stereocenters. The number of nitrogens with zero attached hydrogens (tertiary/aromatic N) is 3. The van der Waals surface area contributed by atoms with Gasteiger partial charge in [0.15, 0.2) is 0 Å². The van der Waals surface area contributed by atoms with E-state index in [2.05, 4.69) is 25.5 Å². The van der Waals surface area contributed by atoms with Gasteiger partial charge in [0.2, 0.25) is 6.33 Å². The van der Waals surface area contributed by atoms with Crippen molar-refractivity contribution in [3.05, 3.63) is 55.1 Å². The van der Waals surface area contributed by atoms with Gasteiger partial charge in [-0.15, -0.1) is 12.4 Å². The highest BCUT2D eigenvalue weighted by Crippen LogP contribution is 2.24. The highest BCUT2D eigenvalue weighted by molar-refractivity contribution is 5.85. The Morgan fingerprint density at radius 2 is 1.39 bits per heavy atom. The number of benzene rings is 2. The van der Waals surface area contributed by atoms with E-state index in [0.29, 0.717) is 41.7 Å². The molecule has 0 aliphatic heterocycles.